The first-order valence-corrected chi connectivity index (χ1v) is 9.13. The number of hydrogen-bond acceptors (Lipinski definition) is 4. The molecule has 3 rings (SSSR count). The SMILES string of the molecule is C=C(CC1=[N+](c2ccccc2)[C@@](C)(O)CS1)Nc1ccc(OC)cc1. The number of nitrogens with one attached hydrogen (secondary N) is 1. The predicted octanol–water partition coefficient (Wildman–Crippen LogP) is 4.21. The Morgan fingerprint density at radius 3 is 2.56 bits per heavy atom. The number of anilines is 1. The number of para-hydroxylation sites is 1. The molecule has 1 aliphatic rings. The zero-order valence-corrected chi connectivity index (χ0v) is 15.3. The molecule has 0 aliphatic carbocycles. The van der Waals surface area contributed by atoms with Crippen molar-refractivity contribution < 1.29 is 14.4 Å². The van der Waals surface area contributed by atoms with Crippen LogP contribution in [0.25, 0.3) is 0 Å². The lowest BCUT2D eigenvalue weighted by Crippen LogP contribution is -2.36. The van der Waals surface area contributed by atoms with Gasteiger partial charge < -0.3 is 15.2 Å². The first-order chi connectivity index (χ1) is 12.0. The van der Waals surface area contributed by atoms with Gasteiger partial charge in [0, 0.05) is 30.4 Å². The summed E-state index contributed by atoms with van der Waals surface area (Å²) in [4.78, 5) is 0. The first kappa shape index (κ1) is 17.6. The molecule has 1 aliphatic heterocycles. The van der Waals surface area contributed by atoms with Crippen molar-refractivity contribution in [3.05, 3.63) is 66.9 Å². The lowest BCUT2D eigenvalue weighted by atomic mass is 10.2. The molecular formula is C20H23N2O2S+. The summed E-state index contributed by atoms with van der Waals surface area (Å²) in [5.74, 6) is 1.45. The van der Waals surface area contributed by atoms with Crippen LogP contribution in [0, 0.1) is 0 Å². The fraction of sp³-hybridized carbons (Fsp3) is 0.250. The lowest BCUT2D eigenvalue weighted by Gasteiger charge is -2.15. The molecule has 0 fully saturated rings. The van der Waals surface area contributed by atoms with Crippen LogP contribution < -0.4 is 10.1 Å². The summed E-state index contributed by atoms with van der Waals surface area (Å²) in [6.07, 6.45) is 0.655. The van der Waals surface area contributed by atoms with Gasteiger partial charge in [0.25, 0.3) is 5.72 Å². The summed E-state index contributed by atoms with van der Waals surface area (Å²) in [5, 5.41) is 15.2. The predicted molar refractivity (Wildman–Crippen MR) is 105 cm³/mol. The van der Waals surface area contributed by atoms with Crippen molar-refractivity contribution in [1.82, 2.24) is 0 Å². The number of rotatable bonds is 6. The van der Waals surface area contributed by atoms with Gasteiger partial charge in [-0.2, -0.15) is 4.58 Å². The third-order valence-corrected chi connectivity index (χ3v) is 5.38. The van der Waals surface area contributed by atoms with Crippen LogP contribution in [-0.2, 0) is 0 Å². The van der Waals surface area contributed by atoms with E-state index in [-0.39, 0.29) is 0 Å². The van der Waals surface area contributed by atoms with E-state index in [1.54, 1.807) is 18.9 Å². The molecule has 0 saturated heterocycles. The van der Waals surface area contributed by atoms with E-state index in [4.69, 9.17) is 4.74 Å². The molecule has 4 nitrogen and oxygen atoms in total. The number of ether oxygens (including phenoxy) is 1. The number of methoxy groups -OCH3 is 1. The Morgan fingerprint density at radius 1 is 1.24 bits per heavy atom. The third-order valence-electron chi connectivity index (χ3n) is 4.03. The Balaban J connectivity index is 1.78. The third kappa shape index (κ3) is 4.06. The average Bonchev–Trinajstić information content (AvgIpc) is 2.90. The van der Waals surface area contributed by atoms with E-state index in [0.29, 0.717) is 12.2 Å². The molecule has 1 atom stereocenters. The highest BCUT2D eigenvalue weighted by Gasteiger charge is 2.44. The number of thioether (sulfide) groups is 1. The van der Waals surface area contributed by atoms with Gasteiger partial charge in [0.2, 0.25) is 10.7 Å². The molecule has 0 aromatic heterocycles. The summed E-state index contributed by atoms with van der Waals surface area (Å²) < 4.78 is 7.17. The van der Waals surface area contributed by atoms with Crippen molar-refractivity contribution >= 4 is 28.2 Å². The van der Waals surface area contributed by atoms with Crippen molar-refractivity contribution in [1.29, 1.82) is 0 Å². The van der Waals surface area contributed by atoms with Gasteiger partial charge in [-0.25, -0.2) is 0 Å². The van der Waals surface area contributed by atoms with Crippen LogP contribution in [0.5, 0.6) is 5.75 Å². The van der Waals surface area contributed by atoms with E-state index >= 15 is 0 Å². The van der Waals surface area contributed by atoms with Crippen LogP contribution in [0.3, 0.4) is 0 Å². The highest BCUT2D eigenvalue weighted by atomic mass is 32.2. The fourth-order valence-electron chi connectivity index (χ4n) is 2.85. The minimum Gasteiger partial charge on any atom is -0.497 e. The van der Waals surface area contributed by atoms with Crippen molar-refractivity contribution in [2.24, 2.45) is 0 Å². The molecule has 0 saturated carbocycles. The number of allylic oxidation sites excluding steroid dienone is 1. The summed E-state index contributed by atoms with van der Waals surface area (Å²) in [5.41, 5.74) is 1.94. The second kappa shape index (κ2) is 7.33. The lowest BCUT2D eigenvalue weighted by molar-refractivity contribution is -0.575. The molecular weight excluding hydrogens is 332 g/mol. The van der Waals surface area contributed by atoms with E-state index in [9.17, 15) is 5.11 Å². The number of nitrogens with zero attached hydrogens (tertiary/aromatic N) is 1. The molecule has 0 radical (unpaired) electrons. The fourth-order valence-corrected chi connectivity index (χ4v) is 4.13. The normalized spacial score (nSPS) is 19.8. The summed E-state index contributed by atoms with van der Waals surface area (Å²) in [6.45, 7) is 5.99. The van der Waals surface area contributed by atoms with Gasteiger partial charge in [0.05, 0.1) is 19.3 Å². The minimum atomic E-state index is -0.901. The number of benzene rings is 2. The van der Waals surface area contributed by atoms with Crippen LogP contribution >= 0.6 is 11.8 Å². The van der Waals surface area contributed by atoms with Gasteiger partial charge in [-0.1, -0.05) is 36.5 Å². The average molecular weight is 355 g/mol. The highest BCUT2D eigenvalue weighted by molar-refractivity contribution is 8.14. The number of aliphatic hydroxyl groups is 1. The van der Waals surface area contributed by atoms with Crippen molar-refractivity contribution in [3.8, 4) is 5.75 Å². The van der Waals surface area contributed by atoms with Crippen LogP contribution in [0.4, 0.5) is 11.4 Å². The summed E-state index contributed by atoms with van der Waals surface area (Å²) in [6, 6.07) is 17.7. The number of hydrogen-bond donors (Lipinski definition) is 2. The maximum atomic E-state index is 10.8. The standard InChI is InChI=1S/C20H23N2O2S/c1-15(21-16-9-11-18(24-3)12-10-16)13-19-22(20(2,23)14-25-19)17-7-5-4-6-8-17/h4-12,21,23H,1,13-14H2,2-3H3/q+1/t20-/m0/s1. The van der Waals surface area contributed by atoms with Gasteiger partial charge in [0.15, 0.2) is 0 Å². The Morgan fingerprint density at radius 2 is 1.92 bits per heavy atom. The van der Waals surface area contributed by atoms with Gasteiger partial charge in [-0.05, 0) is 24.3 Å². The van der Waals surface area contributed by atoms with E-state index in [1.807, 2.05) is 66.1 Å². The van der Waals surface area contributed by atoms with E-state index in [1.165, 1.54) is 0 Å². The van der Waals surface area contributed by atoms with Crippen molar-refractivity contribution in [2.75, 3.05) is 18.2 Å². The molecule has 25 heavy (non-hydrogen) atoms. The molecule has 0 bridgehead atoms. The molecule has 5 heteroatoms. The van der Waals surface area contributed by atoms with Crippen molar-refractivity contribution in [3.63, 3.8) is 0 Å². The van der Waals surface area contributed by atoms with E-state index in [2.05, 4.69) is 11.9 Å². The molecule has 2 aromatic rings. The van der Waals surface area contributed by atoms with Gasteiger partial charge in [-0.15, -0.1) is 0 Å². The van der Waals surface area contributed by atoms with E-state index in [0.717, 1.165) is 27.9 Å². The molecule has 2 N–H and O–H groups in total. The molecule has 130 valence electrons. The molecule has 0 spiro atoms. The molecule has 0 amide bonds. The van der Waals surface area contributed by atoms with E-state index < -0.39 is 5.72 Å². The molecule has 1 heterocycles. The zero-order chi connectivity index (χ0) is 17.9. The van der Waals surface area contributed by atoms with Crippen LogP contribution in [0.15, 0.2) is 66.9 Å². The second-order valence-corrected chi connectivity index (χ2v) is 7.25. The van der Waals surface area contributed by atoms with Crippen LogP contribution in [0.2, 0.25) is 0 Å². The Labute approximate surface area is 152 Å². The van der Waals surface area contributed by atoms with Crippen LogP contribution in [0.1, 0.15) is 13.3 Å². The zero-order valence-electron chi connectivity index (χ0n) is 14.5. The molecule has 2 aromatic carbocycles. The van der Waals surface area contributed by atoms with Gasteiger partial charge >= 0.3 is 0 Å². The maximum Gasteiger partial charge on any atom is 0.277 e. The molecule has 0 unspecified atom stereocenters. The largest absolute Gasteiger partial charge is 0.497 e. The topological polar surface area (TPSA) is 44.5 Å². The van der Waals surface area contributed by atoms with Crippen molar-refractivity contribution in [2.45, 2.75) is 19.1 Å². The monoisotopic (exact) mass is 355 g/mol. The van der Waals surface area contributed by atoms with Gasteiger partial charge in [0.1, 0.15) is 5.75 Å². The maximum absolute atomic E-state index is 10.8. The summed E-state index contributed by atoms with van der Waals surface area (Å²) in [7, 11) is 1.65. The smallest absolute Gasteiger partial charge is 0.277 e. The van der Waals surface area contributed by atoms with Gasteiger partial charge in [-0.3, -0.25) is 0 Å². The quantitative estimate of drug-likeness (QED) is 0.762. The Hall–Kier alpha value is -2.24. The minimum absolute atomic E-state index is 0.632. The first-order valence-electron chi connectivity index (χ1n) is 8.15. The Bertz CT molecular complexity index is 783. The second-order valence-electron chi connectivity index (χ2n) is 6.20. The summed E-state index contributed by atoms with van der Waals surface area (Å²) >= 11 is 1.67. The Kier molecular flexibility index (Phi) is 5.16. The highest BCUT2D eigenvalue weighted by Crippen LogP contribution is 2.34. The van der Waals surface area contributed by atoms with Crippen LogP contribution in [-0.4, -0.2) is 33.3 Å².